The number of carbonyl (C=O) groups is 2. The number of alkyl carbamates (subject to hydrolysis) is 1. The number of imidazole rings is 1. The number of halogens is 2. The molecule has 2 aliphatic carbocycles. The molecule has 0 radical (unpaired) electrons. The summed E-state index contributed by atoms with van der Waals surface area (Å²) in [6.45, 7) is 4.08. The van der Waals surface area contributed by atoms with Crippen LogP contribution in [0.15, 0.2) is 18.5 Å². The van der Waals surface area contributed by atoms with Crippen LogP contribution in [0.5, 0.6) is 0 Å². The number of urea groups is 1. The summed E-state index contributed by atoms with van der Waals surface area (Å²) in [5.41, 5.74) is 1.06. The number of methoxy groups -OCH3 is 1. The zero-order chi connectivity index (χ0) is 27.2. The quantitative estimate of drug-likeness (QED) is 0.502. The van der Waals surface area contributed by atoms with E-state index in [1.807, 2.05) is 20.8 Å². The van der Waals surface area contributed by atoms with E-state index in [1.165, 1.54) is 13.3 Å². The summed E-state index contributed by atoms with van der Waals surface area (Å²) in [7, 11) is 1.45. The van der Waals surface area contributed by atoms with Crippen LogP contribution in [-0.2, 0) is 9.47 Å². The Bertz CT molecular complexity index is 1180. The molecule has 2 aromatic heterocycles. The summed E-state index contributed by atoms with van der Waals surface area (Å²) in [6.07, 6.45) is 7.37. The molecule has 1 aliphatic heterocycles. The molecule has 2 atom stereocenters. The maximum atomic E-state index is 14.1. The van der Waals surface area contributed by atoms with Gasteiger partial charge in [0.15, 0.2) is 5.65 Å². The van der Waals surface area contributed by atoms with Crippen LogP contribution in [0.1, 0.15) is 69.8 Å². The highest BCUT2D eigenvalue weighted by molar-refractivity contribution is 5.76. The number of rotatable bonds is 9. The Morgan fingerprint density at radius 2 is 1.95 bits per heavy atom. The van der Waals surface area contributed by atoms with E-state index in [4.69, 9.17) is 14.5 Å². The van der Waals surface area contributed by atoms with Crippen LogP contribution < -0.4 is 10.6 Å². The van der Waals surface area contributed by atoms with Crippen LogP contribution in [0.25, 0.3) is 5.65 Å². The summed E-state index contributed by atoms with van der Waals surface area (Å²) in [4.78, 5) is 31.2. The van der Waals surface area contributed by atoms with E-state index < -0.39 is 42.8 Å². The van der Waals surface area contributed by atoms with Crippen LogP contribution in [0.3, 0.4) is 0 Å². The fourth-order valence-corrected chi connectivity index (χ4v) is 5.39. The van der Waals surface area contributed by atoms with Gasteiger partial charge in [-0.3, -0.25) is 0 Å². The number of amides is 3. The van der Waals surface area contributed by atoms with Crippen molar-refractivity contribution in [3.63, 3.8) is 0 Å². The number of ether oxygens (including phenoxy) is 2. The fourth-order valence-electron chi connectivity index (χ4n) is 5.39. The summed E-state index contributed by atoms with van der Waals surface area (Å²) < 4.78 is 40.7. The third-order valence-electron chi connectivity index (χ3n) is 7.31. The van der Waals surface area contributed by atoms with Gasteiger partial charge in [0.05, 0.1) is 49.9 Å². The maximum Gasteiger partial charge on any atom is 0.408 e. The molecule has 2 saturated carbocycles. The van der Waals surface area contributed by atoms with Crippen molar-refractivity contribution < 1.29 is 27.8 Å². The molecule has 10 nitrogen and oxygen atoms in total. The molecule has 2 aromatic rings. The summed E-state index contributed by atoms with van der Waals surface area (Å²) in [5.74, 6) is -1.74. The highest BCUT2D eigenvalue weighted by Gasteiger charge is 2.47. The molecule has 1 saturated heterocycles. The molecule has 3 amide bonds. The van der Waals surface area contributed by atoms with Gasteiger partial charge in [-0.1, -0.05) is 0 Å². The number of nitrogens with zero attached hydrogens (tertiary/aromatic N) is 4. The Hall–Kier alpha value is -3.02. The fraction of sp³-hybridized carbons (Fsp3) is 0.692. The van der Waals surface area contributed by atoms with Gasteiger partial charge in [-0.2, -0.15) is 5.10 Å². The van der Waals surface area contributed by atoms with Crippen molar-refractivity contribution in [3.8, 4) is 0 Å². The highest BCUT2D eigenvalue weighted by atomic mass is 19.3. The predicted molar refractivity (Wildman–Crippen MR) is 134 cm³/mol. The average molecular weight is 535 g/mol. The molecule has 208 valence electrons. The smallest absolute Gasteiger partial charge is 0.408 e. The molecule has 12 heteroatoms. The Labute approximate surface area is 220 Å². The second kappa shape index (κ2) is 9.94. The molecule has 3 fully saturated rings. The molecule has 0 unspecified atom stereocenters. The average Bonchev–Trinajstić information content (AvgIpc) is 3.76. The van der Waals surface area contributed by atoms with Crippen molar-refractivity contribution in [1.29, 1.82) is 0 Å². The number of alkyl halides is 2. The van der Waals surface area contributed by atoms with E-state index in [2.05, 4.69) is 15.7 Å². The minimum Gasteiger partial charge on any atom is -0.444 e. The highest BCUT2D eigenvalue weighted by Crippen LogP contribution is 2.54. The molecule has 5 rings (SSSR count). The largest absolute Gasteiger partial charge is 0.444 e. The zero-order valence-electron chi connectivity index (χ0n) is 22.2. The molecule has 2 N–H and O–H groups in total. The lowest BCUT2D eigenvalue weighted by molar-refractivity contribution is -0.0509. The number of hydrogen-bond acceptors (Lipinski definition) is 6. The van der Waals surface area contributed by atoms with Crippen molar-refractivity contribution in [2.24, 2.45) is 17.8 Å². The zero-order valence-corrected chi connectivity index (χ0v) is 22.2. The van der Waals surface area contributed by atoms with E-state index >= 15 is 0 Å². The first-order valence-corrected chi connectivity index (χ1v) is 13.2. The molecule has 0 bridgehead atoms. The topological polar surface area (TPSA) is 110 Å². The second-order valence-corrected chi connectivity index (χ2v) is 11.7. The van der Waals surface area contributed by atoms with Gasteiger partial charge in [0.25, 0.3) is 5.92 Å². The molecule has 38 heavy (non-hydrogen) atoms. The molecule has 0 spiro atoms. The summed E-state index contributed by atoms with van der Waals surface area (Å²) >= 11 is 0. The summed E-state index contributed by atoms with van der Waals surface area (Å²) in [6, 6.07) is 0.0373. The number of hydrogen-bond donors (Lipinski definition) is 2. The Balaban J connectivity index is 1.46. The van der Waals surface area contributed by atoms with Gasteiger partial charge < -0.3 is 25.0 Å². The van der Waals surface area contributed by atoms with Gasteiger partial charge in [0, 0.05) is 12.7 Å². The Kier molecular flexibility index (Phi) is 6.95. The van der Waals surface area contributed by atoms with Crippen LogP contribution in [-0.4, -0.2) is 70.0 Å². The lowest BCUT2D eigenvalue weighted by Gasteiger charge is -2.38. The SMILES string of the molecule is COC[C@H](c1cnn2cc([C@@H](NC(=O)OC(C)(C)C)C(C3CC3)C3CC3)nc2c1)N1CC(F)(F)CNC1=O. The van der Waals surface area contributed by atoms with Gasteiger partial charge >= 0.3 is 12.1 Å². The monoisotopic (exact) mass is 534 g/mol. The third kappa shape index (κ3) is 6.00. The normalized spacial score (nSPS) is 21.3. The standard InChI is InChI=1S/C26H36F2N6O4/c1-25(2,3)38-24(36)32-22(21(15-5-6-15)16-7-8-16)18-11-34-20(31-18)9-17(10-30-34)19(12-37-4)33-14-26(27,28)13-29-23(33)35/h9-11,15-16,19,21-22H,5-8,12-14H2,1-4H3,(H,29,35)(H,32,36)/t19-,22-/m1/s1. The van der Waals surface area contributed by atoms with E-state index in [0.717, 1.165) is 30.6 Å². The van der Waals surface area contributed by atoms with E-state index in [0.29, 0.717) is 28.7 Å². The van der Waals surface area contributed by atoms with E-state index in [-0.39, 0.29) is 18.6 Å². The first-order chi connectivity index (χ1) is 17.9. The number of nitrogens with one attached hydrogen (secondary N) is 2. The third-order valence-corrected chi connectivity index (χ3v) is 7.31. The van der Waals surface area contributed by atoms with Crippen LogP contribution in [0, 0.1) is 17.8 Å². The van der Waals surface area contributed by atoms with Gasteiger partial charge in [-0.05, 0) is 70.3 Å². The second-order valence-electron chi connectivity index (χ2n) is 11.7. The van der Waals surface area contributed by atoms with Crippen molar-refractivity contribution in [2.45, 2.75) is 70.1 Å². The lowest BCUT2D eigenvalue weighted by atomic mass is 9.88. The molecule has 3 aliphatic rings. The lowest BCUT2D eigenvalue weighted by Crippen LogP contribution is -2.58. The molecular weight excluding hydrogens is 498 g/mol. The first-order valence-electron chi connectivity index (χ1n) is 13.2. The van der Waals surface area contributed by atoms with Crippen molar-refractivity contribution in [2.75, 3.05) is 26.8 Å². The molecule has 3 heterocycles. The van der Waals surface area contributed by atoms with Crippen LogP contribution in [0.2, 0.25) is 0 Å². The van der Waals surface area contributed by atoms with Crippen molar-refractivity contribution >= 4 is 17.8 Å². The minimum absolute atomic E-state index is 0.0170. The van der Waals surface area contributed by atoms with Crippen LogP contribution in [0.4, 0.5) is 18.4 Å². The predicted octanol–water partition coefficient (Wildman–Crippen LogP) is 4.08. The minimum atomic E-state index is -3.06. The van der Waals surface area contributed by atoms with Gasteiger partial charge in [-0.25, -0.2) is 27.9 Å². The van der Waals surface area contributed by atoms with E-state index in [9.17, 15) is 18.4 Å². The molecule has 0 aromatic carbocycles. The van der Waals surface area contributed by atoms with Crippen molar-refractivity contribution in [1.82, 2.24) is 30.1 Å². The Morgan fingerprint density at radius 3 is 2.55 bits per heavy atom. The van der Waals surface area contributed by atoms with E-state index in [1.54, 1.807) is 16.8 Å². The van der Waals surface area contributed by atoms with Gasteiger partial charge in [0.2, 0.25) is 0 Å². The maximum absolute atomic E-state index is 14.1. The van der Waals surface area contributed by atoms with Gasteiger partial charge in [0.1, 0.15) is 5.60 Å². The number of fused-ring (bicyclic) bond motifs is 1. The first kappa shape index (κ1) is 26.6. The van der Waals surface area contributed by atoms with Crippen molar-refractivity contribution in [3.05, 3.63) is 29.7 Å². The van der Waals surface area contributed by atoms with Crippen LogP contribution >= 0.6 is 0 Å². The summed E-state index contributed by atoms with van der Waals surface area (Å²) in [5, 5.41) is 9.81. The molecular formula is C26H36F2N6O4. The number of aromatic nitrogens is 3. The Morgan fingerprint density at radius 1 is 1.26 bits per heavy atom. The van der Waals surface area contributed by atoms with Gasteiger partial charge in [-0.15, -0.1) is 0 Å². The number of carbonyl (C=O) groups excluding carboxylic acids is 2.